The highest BCUT2D eigenvalue weighted by atomic mass is 19.1. The molecule has 0 fully saturated rings. The maximum atomic E-state index is 13.1. The molecule has 19 heavy (non-hydrogen) atoms. The summed E-state index contributed by atoms with van der Waals surface area (Å²) in [5, 5.41) is 12.7. The molecule has 0 aromatic heterocycles. The third-order valence-electron chi connectivity index (χ3n) is 3.13. The molecule has 3 heteroatoms. The predicted molar refractivity (Wildman–Crippen MR) is 74.5 cm³/mol. The Morgan fingerprint density at radius 1 is 1.16 bits per heavy atom. The van der Waals surface area contributed by atoms with Gasteiger partial charge in [0.2, 0.25) is 0 Å². The summed E-state index contributed by atoms with van der Waals surface area (Å²) in [6.45, 7) is 4.63. The van der Waals surface area contributed by atoms with Crippen molar-refractivity contribution in [3.63, 3.8) is 0 Å². The standard InChI is InChI=1S/C16H18FNO/c1-11-3-5-14(6-4-11)12(2)18-10-13-7-15(17)9-16(19)8-13/h3-9,12,18-19H,10H2,1-2H3/t12-/m1/s1. The van der Waals surface area contributed by atoms with Gasteiger partial charge in [-0.15, -0.1) is 0 Å². The minimum atomic E-state index is -0.417. The van der Waals surface area contributed by atoms with E-state index in [0.717, 1.165) is 11.6 Å². The number of phenols is 1. The van der Waals surface area contributed by atoms with Gasteiger partial charge in [-0.25, -0.2) is 4.39 Å². The van der Waals surface area contributed by atoms with Crippen molar-refractivity contribution in [2.75, 3.05) is 0 Å². The van der Waals surface area contributed by atoms with Gasteiger partial charge in [-0.1, -0.05) is 29.8 Å². The van der Waals surface area contributed by atoms with E-state index in [0.29, 0.717) is 6.54 Å². The molecule has 0 aliphatic carbocycles. The largest absolute Gasteiger partial charge is 0.508 e. The smallest absolute Gasteiger partial charge is 0.127 e. The first kappa shape index (κ1) is 13.6. The van der Waals surface area contributed by atoms with Crippen LogP contribution in [0.4, 0.5) is 4.39 Å². The molecule has 0 aliphatic rings. The van der Waals surface area contributed by atoms with Crippen LogP contribution in [0.5, 0.6) is 5.75 Å². The lowest BCUT2D eigenvalue weighted by molar-refractivity contribution is 0.466. The average molecular weight is 259 g/mol. The van der Waals surface area contributed by atoms with Crippen LogP contribution in [0.3, 0.4) is 0 Å². The van der Waals surface area contributed by atoms with Crippen LogP contribution in [0, 0.1) is 12.7 Å². The van der Waals surface area contributed by atoms with Crippen molar-refractivity contribution in [2.24, 2.45) is 0 Å². The fourth-order valence-corrected chi connectivity index (χ4v) is 1.98. The molecule has 0 bridgehead atoms. The maximum Gasteiger partial charge on any atom is 0.127 e. The number of aromatic hydroxyl groups is 1. The molecular formula is C16H18FNO. The first-order chi connectivity index (χ1) is 9.04. The molecule has 0 spiro atoms. The number of halogens is 1. The number of nitrogens with one attached hydrogen (secondary N) is 1. The van der Waals surface area contributed by atoms with Crippen LogP contribution in [0.2, 0.25) is 0 Å². The van der Waals surface area contributed by atoms with Gasteiger partial charge in [0.15, 0.2) is 0 Å². The number of benzene rings is 2. The van der Waals surface area contributed by atoms with E-state index in [1.807, 2.05) is 0 Å². The van der Waals surface area contributed by atoms with Gasteiger partial charge < -0.3 is 10.4 Å². The normalized spacial score (nSPS) is 12.4. The summed E-state index contributed by atoms with van der Waals surface area (Å²) in [7, 11) is 0. The van der Waals surface area contributed by atoms with Gasteiger partial charge in [-0.2, -0.15) is 0 Å². The van der Waals surface area contributed by atoms with E-state index in [4.69, 9.17) is 0 Å². The summed E-state index contributed by atoms with van der Waals surface area (Å²) in [6.07, 6.45) is 0. The molecule has 0 heterocycles. The number of phenolic OH excluding ortho intramolecular Hbond substituents is 1. The van der Waals surface area contributed by atoms with Crippen molar-refractivity contribution < 1.29 is 9.50 Å². The van der Waals surface area contributed by atoms with Crippen LogP contribution in [0.1, 0.15) is 29.7 Å². The molecule has 2 rings (SSSR count). The van der Waals surface area contributed by atoms with Crippen LogP contribution in [0.15, 0.2) is 42.5 Å². The minimum absolute atomic E-state index is 0.0419. The van der Waals surface area contributed by atoms with Crippen molar-refractivity contribution in [3.05, 3.63) is 65.0 Å². The molecule has 2 N–H and O–H groups in total. The first-order valence-corrected chi connectivity index (χ1v) is 6.33. The topological polar surface area (TPSA) is 32.3 Å². The average Bonchev–Trinajstić information content (AvgIpc) is 2.36. The zero-order valence-electron chi connectivity index (χ0n) is 11.2. The highest BCUT2D eigenvalue weighted by Crippen LogP contribution is 2.17. The van der Waals surface area contributed by atoms with Crippen LogP contribution in [-0.2, 0) is 6.54 Å². The quantitative estimate of drug-likeness (QED) is 0.877. The fourth-order valence-electron chi connectivity index (χ4n) is 1.98. The Balaban J connectivity index is 1.99. The van der Waals surface area contributed by atoms with Crippen LogP contribution in [-0.4, -0.2) is 5.11 Å². The van der Waals surface area contributed by atoms with E-state index < -0.39 is 5.82 Å². The molecule has 0 unspecified atom stereocenters. The van der Waals surface area contributed by atoms with Gasteiger partial charge in [0.05, 0.1) is 0 Å². The van der Waals surface area contributed by atoms with Crippen LogP contribution < -0.4 is 5.32 Å². The molecule has 0 amide bonds. The second kappa shape index (κ2) is 5.85. The molecule has 0 aliphatic heterocycles. The monoisotopic (exact) mass is 259 g/mol. The van der Waals surface area contributed by atoms with Crippen molar-refractivity contribution in [1.82, 2.24) is 5.32 Å². The molecular weight excluding hydrogens is 241 g/mol. The highest BCUT2D eigenvalue weighted by Gasteiger charge is 2.05. The van der Waals surface area contributed by atoms with Gasteiger partial charge in [-0.05, 0) is 37.1 Å². The summed E-state index contributed by atoms with van der Waals surface area (Å²) in [5.74, 6) is -0.459. The third-order valence-corrected chi connectivity index (χ3v) is 3.13. The van der Waals surface area contributed by atoms with Gasteiger partial charge in [0.1, 0.15) is 11.6 Å². The Labute approximate surface area is 112 Å². The van der Waals surface area contributed by atoms with Gasteiger partial charge >= 0.3 is 0 Å². The zero-order valence-corrected chi connectivity index (χ0v) is 11.2. The van der Waals surface area contributed by atoms with Crippen molar-refractivity contribution in [2.45, 2.75) is 26.4 Å². The molecule has 0 saturated heterocycles. The number of hydrogen-bond acceptors (Lipinski definition) is 2. The molecule has 100 valence electrons. The summed E-state index contributed by atoms with van der Waals surface area (Å²) >= 11 is 0. The highest BCUT2D eigenvalue weighted by molar-refractivity contribution is 5.29. The summed E-state index contributed by atoms with van der Waals surface area (Å²) in [5.41, 5.74) is 3.15. The second-order valence-electron chi connectivity index (χ2n) is 4.83. The molecule has 0 radical (unpaired) electrons. The zero-order chi connectivity index (χ0) is 13.8. The fraction of sp³-hybridized carbons (Fsp3) is 0.250. The molecule has 2 aromatic rings. The molecule has 0 saturated carbocycles. The van der Waals surface area contributed by atoms with E-state index >= 15 is 0 Å². The number of aryl methyl sites for hydroxylation is 1. The van der Waals surface area contributed by atoms with E-state index in [1.165, 1.54) is 17.2 Å². The maximum absolute atomic E-state index is 13.1. The molecule has 1 atom stereocenters. The lowest BCUT2D eigenvalue weighted by atomic mass is 10.1. The number of rotatable bonds is 4. The van der Waals surface area contributed by atoms with Crippen LogP contribution in [0.25, 0.3) is 0 Å². The van der Waals surface area contributed by atoms with E-state index in [2.05, 4.69) is 43.4 Å². The Morgan fingerprint density at radius 3 is 2.47 bits per heavy atom. The molecule has 2 aromatic carbocycles. The lowest BCUT2D eigenvalue weighted by Crippen LogP contribution is -2.18. The van der Waals surface area contributed by atoms with E-state index in [1.54, 1.807) is 6.07 Å². The first-order valence-electron chi connectivity index (χ1n) is 6.33. The Bertz CT molecular complexity index is 531. The van der Waals surface area contributed by atoms with Gasteiger partial charge in [0.25, 0.3) is 0 Å². The van der Waals surface area contributed by atoms with Crippen molar-refractivity contribution in [3.8, 4) is 5.75 Å². The SMILES string of the molecule is Cc1ccc([C@@H](C)NCc2cc(O)cc(F)c2)cc1. The predicted octanol–water partition coefficient (Wildman–Crippen LogP) is 3.69. The second-order valence-corrected chi connectivity index (χ2v) is 4.83. The Morgan fingerprint density at radius 2 is 1.84 bits per heavy atom. The summed E-state index contributed by atoms with van der Waals surface area (Å²) in [4.78, 5) is 0. The van der Waals surface area contributed by atoms with Crippen molar-refractivity contribution >= 4 is 0 Å². The van der Waals surface area contributed by atoms with Crippen LogP contribution >= 0.6 is 0 Å². The minimum Gasteiger partial charge on any atom is -0.508 e. The van der Waals surface area contributed by atoms with E-state index in [9.17, 15) is 9.50 Å². The van der Waals surface area contributed by atoms with Gasteiger partial charge in [0, 0.05) is 18.7 Å². The third kappa shape index (κ3) is 3.80. The van der Waals surface area contributed by atoms with Gasteiger partial charge in [-0.3, -0.25) is 0 Å². The summed E-state index contributed by atoms with van der Waals surface area (Å²) < 4.78 is 13.1. The lowest BCUT2D eigenvalue weighted by Gasteiger charge is -2.14. The summed E-state index contributed by atoms with van der Waals surface area (Å²) in [6, 6.07) is 12.6. The van der Waals surface area contributed by atoms with E-state index in [-0.39, 0.29) is 11.8 Å². The Kier molecular flexibility index (Phi) is 4.17. The van der Waals surface area contributed by atoms with Crippen molar-refractivity contribution in [1.29, 1.82) is 0 Å². The Hall–Kier alpha value is -1.87. The molecule has 2 nitrogen and oxygen atoms in total. The number of hydrogen-bond donors (Lipinski definition) is 2.